The summed E-state index contributed by atoms with van der Waals surface area (Å²) >= 11 is 5.08. The van der Waals surface area contributed by atoms with Crippen molar-refractivity contribution >= 4 is 45.0 Å². The molecule has 1 aromatic heterocycles. The molecule has 0 saturated heterocycles. The van der Waals surface area contributed by atoms with Gasteiger partial charge >= 0.3 is 0 Å². The van der Waals surface area contributed by atoms with Gasteiger partial charge in [0.05, 0.1) is 5.70 Å². The smallest absolute Gasteiger partial charge is 0.221 e. The van der Waals surface area contributed by atoms with Crippen molar-refractivity contribution in [3.8, 4) is 11.4 Å². The standard InChI is InChI=1S/C18H14BrN5OS/c1-11(25)20-13-8-6-12(7-9-13)16-10-26-18-22-21-17(24(18)23-16)14-4-2-3-5-15(14)19/h2-10,23H,1H3,(H,20,25). The lowest BCUT2D eigenvalue weighted by Crippen LogP contribution is -2.18. The second-order valence-electron chi connectivity index (χ2n) is 5.64. The van der Waals surface area contributed by atoms with E-state index in [1.54, 1.807) is 0 Å². The second kappa shape index (κ2) is 6.97. The first-order valence-electron chi connectivity index (χ1n) is 7.84. The number of nitrogens with zero attached hydrogens (tertiary/aromatic N) is 3. The fourth-order valence-corrected chi connectivity index (χ4v) is 3.79. The van der Waals surface area contributed by atoms with Gasteiger partial charge in [-0.05, 0) is 24.3 Å². The number of rotatable bonds is 3. The summed E-state index contributed by atoms with van der Waals surface area (Å²) < 4.78 is 2.83. The zero-order chi connectivity index (χ0) is 18.1. The number of fused-ring (bicyclic) bond motifs is 1. The molecule has 0 fully saturated rings. The number of aromatic nitrogens is 3. The van der Waals surface area contributed by atoms with Gasteiger partial charge in [0.1, 0.15) is 0 Å². The zero-order valence-corrected chi connectivity index (χ0v) is 16.1. The number of halogens is 1. The van der Waals surface area contributed by atoms with Crippen LogP contribution in [0.3, 0.4) is 0 Å². The maximum absolute atomic E-state index is 11.1. The summed E-state index contributed by atoms with van der Waals surface area (Å²) in [6.45, 7) is 1.49. The number of hydrogen-bond donors (Lipinski definition) is 2. The van der Waals surface area contributed by atoms with Crippen LogP contribution < -0.4 is 10.7 Å². The third kappa shape index (κ3) is 3.25. The van der Waals surface area contributed by atoms with Crippen molar-refractivity contribution in [3.63, 3.8) is 0 Å². The molecule has 0 aliphatic carbocycles. The molecule has 130 valence electrons. The molecule has 26 heavy (non-hydrogen) atoms. The van der Waals surface area contributed by atoms with Gasteiger partial charge in [-0.3, -0.25) is 10.2 Å². The van der Waals surface area contributed by atoms with Gasteiger partial charge in [-0.15, -0.1) is 10.2 Å². The fraction of sp³-hybridized carbons (Fsp3) is 0.0556. The van der Waals surface area contributed by atoms with Gasteiger partial charge in [0.25, 0.3) is 0 Å². The molecule has 2 heterocycles. The quantitative estimate of drug-likeness (QED) is 0.651. The van der Waals surface area contributed by atoms with Crippen molar-refractivity contribution in [2.45, 2.75) is 12.1 Å². The molecule has 0 atom stereocenters. The first-order chi connectivity index (χ1) is 12.6. The molecule has 2 N–H and O–H groups in total. The summed E-state index contributed by atoms with van der Waals surface area (Å²) in [6, 6.07) is 15.6. The van der Waals surface area contributed by atoms with Crippen LogP contribution in [0.1, 0.15) is 12.5 Å². The average Bonchev–Trinajstić information content (AvgIpc) is 3.05. The molecule has 3 aromatic rings. The minimum absolute atomic E-state index is 0.0875. The first-order valence-corrected chi connectivity index (χ1v) is 9.51. The highest BCUT2D eigenvalue weighted by Crippen LogP contribution is 2.33. The SMILES string of the molecule is CC(=O)Nc1ccc(C2=CSc3nnc(-c4ccccc4Br)n3N2)cc1. The molecule has 8 heteroatoms. The van der Waals surface area contributed by atoms with Crippen LogP contribution in [0.25, 0.3) is 17.1 Å². The van der Waals surface area contributed by atoms with Gasteiger partial charge < -0.3 is 5.32 Å². The summed E-state index contributed by atoms with van der Waals surface area (Å²) in [5.74, 6) is 0.649. The van der Waals surface area contributed by atoms with Crippen LogP contribution in [-0.2, 0) is 4.79 Å². The molecule has 0 spiro atoms. The molecule has 6 nitrogen and oxygen atoms in total. The van der Waals surface area contributed by atoms with Crippen LogP contribution in [0, 0.1) is 0 Å². The van der Waals surface area contributed by atoms with Gasteiger partial charge in [0.15, 0.2) is 5.82 Å². The van der Waals surface area contributed by atoms with E-state index < -0.39 is 0 Å². The minimum Gasteiger partial charge on any atom is -0.326 e. The lowest BCUT2D eigenvalue weighted by Gasteiger charge is -2.19. The van der Waals surface area contributed by atoms with E-state index in [9.17, 15) is 4.79 Å². The summed E-state index contributed by atoms with van der Waals surface area (Å²) in [6.07, 6.45) is 0. The highest BCUT2D eigenvalue weighted by Gasteiger charge is 2.20. The molecule has 1 aliphatic heterocycles. The summed E-state index contributed by atoms with van der Waals surface area (Å²) in [5, 5.41) is 14.1. The number of carbonyl (C=O) groups excluding carboxylic acids is 1. The van der Waals surface area contributed by atoms with Crippen LogP contribution in [0.15, 0.2) is 63.6 Å². The number of thioether (sulfide) groups is 1. The Morgan fingerprint density at radius 2 is 1.92 bits per heavy atom. The zero-order valence-electron chi connectivity index (χ0n) is 13.7. The Balaban J connectivity index is 1.63. The predicted molar refractivity (Wildman–Crippen MR) is 107 cm³/mol. The number of carbonyl (C=O) groups is 1. The van der Waals surface area contributed by atoms with Gasteiger partial charge in [-0.1, -0.05) is 52.0 Å². The van der Waals surface area contributed by atoms with Crippen molar-refractivity contribution in [3.05, 3.63) is 64.0 Å². The molecule has 0 saturated carbocycles. The van der Waals surface area contributed by atoms with Crippen LogP contribution >= 0.6 is 27.7 Å². The fourth-order valence-electron chi connectivity index (χ4n) is 2.59. The number of amides is 1. The van der Waals surface area contributed by atoms with E-state index in [-0.39, 0.29) is 5.91 Å². The molecular weight excluding hydrogens is 414 g/mol. The van der Waals surface area contributed by atoms with Gasteiger partial charge in [0.2, 0.25) is 11.1 Å². The summed E-state index contributed by atoms with van der Waals surface area (Å²) in [7, 11) is 0. The van der Waals surface area contributed by atoms with Crippen molar-refractivity contribution < 1.29 is 4.79 Å². The topological polar surface area (TPSA) is 71.8 Å². The van der Waals surface area contributed by atoms with Crippen LogP contribution in [0.5, 0.6) is 0 Å². The molecule has 0 unspecified atom stereocenters. The second-order valence-corrected chi connectivity index (χ2v) is 7.33. The van der Waals surface area contributed by atoms with E-state index in [2.05, 4.69) is 36.9 Å². The van der Waals surface area contributed by atoms with Crippen LogP contribution in [0.4, 0.5) is 5.69 Å². The third-order valence-corrected chi connectivity index (χ3v) is 5.30. The summed E-state index contributed by atoms with van der Waals surface area (Å²) in [4.78, 5) is 11.1. The van der Waals surface area contributed by atoms with E-state index in [0.29, 0.717) is 0 Å². The Morgan fingerprint density at radius 1 is 1.15 bits per heavy atom. The number of hydrogen-bond acceptors (Lipinski definition) is 5. The van der Waals surface area contributed by atoms with E-state index in [4.69, 9.17) is 0 Å². The highest BCUT2D eigenvalue weighted by molar-refractivity contribution is 9.10. The lowest BCUT2D eigenvalue weighted by atomic mass is 10.1. The van der Waals surface area contributed by atoms with Crippen molar-refractivity contribution in [2.24, 2.45) is 0 Å². The van der Waals surface area contributed by atoms with Gasteiger partial charge in [-0.2, -0.15) is 0 Å². The van der Waals surface area contributed by atoms with Crippen LogP contribution in [0.2, 0.25) is 0 Å². The largest absolute Gasteiger partial charge is 0.326 e. The molecular formula is C18H14BrN5OS. The minimum atomic E-state index is -0.0875. The molecule has 0 radical (unpaired) electrons. The van der Waals surface area contributed by atoms with Crippen LogP contribution in [-0.4, -0.2) is 20.8 Å². The van der Waals surface area contributed by atoms with E-state index >= 15 is 0 Å². The van der Waals surface area contributed by atoms with E-state index in [1.807, 2.05) is 58.6 Å². The molecule has 4 rings (SSSR count). The third-order valence-electron chi connectivity index (χ3n) is 3.78. The Bertz CT molecular complexity index is 1010. The molecule has 1 aliphatic rings. The first kappa shape index (κ1) is 16.9. The monoisotopic (exact) mass is 427 g/mol. The van der Waals surface area contributed by atoms with Gasteiger partial charge in [0, 0.05) is 33.6 Å². The Morgan fingerprint density at radius 3 is 2.65 bits per heavy atom. The lowest BCUT2D eigenvalue weighted by molar-refractivity contribution is -0.114. The number of nitrogens with one attached hydrogen (secondary N) is 2. The molecule has 1 amide bonds. The Labute approximate surface area is 162 Å². The Kier molecular flexibility index (Phi) is 4.52. The average molecular weight is 428 g/mol. The normalized spacial score (nSPS) is 12.8. The van der Waals surface area contributed by atoms with Crippen molar-refractivity contribution in [2.75, 3.05) is 10.7 Å². The Hall–Kier alpha value is -2.58. The van der Waals surface area contributed by atoms with E-state index in [0.717, 1.165) is 38.0 Å². The van der Waals surface area contributed by atoms with Crippen molar-refractivity contribution in [1.29, 1.82) is 0 Å². The predicted octanol–water partition coefficient (Wildman–Crippen LogP) is 4.31. The van der Waals surface area contributed by atoms with Crippen molar-refractivity contribution in [1.82, 2.24) is 14.9 Å². The van der Waals surface area contributed by atoms with Gasteiger partial charge in [-0.25, -0.2) is 4.68 Å². The molecule has 0 bridgehead atoms. The maximum atomic E-state index is 11.1. The summed E-state index contributed by atoms with van der Waals surface area (Å²) in [5.41, 5.74) is 7.04. The number of benzene rings is 2. The van der Waals surface area contributed by atoms with E-state index in [1.165, 1.54) is 18.7 Å². The maximum Gasteiger partial charge on any atom is 0.221 e. The number of anilines is 1. The highest BCUT2D eigenvalue weighted by atomic mass is 79.9. The molecule has 2 aromatic carbocycles.